The minimum absolute atomic E-state index is 0.160. The van der Waals surface area contributed by atoms with E-state index in [2.05, 4.69) is 4.98 Å². The van der Waals surface area contributed by atoms with Gasteiger partial charge in [-0.25, -0.2) is 4.98 Å². The molecule has 0 spiro atoms. The van der Waals surface area contributed by atoms with Crippen molar-refractivity contribution < 1.29 is 52.7 Å². The van der Waals surface area contributed by atoms with Crippen molar-refractivity contribution in [3.63, 3.8) is 0 Å². The van der Waals surface area contributed by atoms with Crippen molar-refractivity contribution in [2.45, 2.75) is 44.5 Å². The molecule has 0 radical (unpaired) electrons. The summed E-state index contributed by atoms with van der Waals surface area (Å²) in [5.41, 5.74) is -14.4. The van der Waals surface area contributed by atoms with Gasteiger partial charge in [-0.05, 0) is 0 Å². The number of nitrogens with zero attached hydrogens (tertiary/aromatic N) is 1. The first kappa shape index (κ1) is 22.6. The number of hydrogen-bond acceptors (Lipinski definition) is 2. The van der Waals surface area contributed by atoms with E-state index in [0.717, 1.165) is 0 Å². The second kappa shape index (κ2) is 6.39. The number of hydrogen-bond donors (Lipinski definition) is 0. The summed E-state index contributed by atoms with van der Waals surface area (Å²) >= 11 is -0.160. The van der Waals surface area contributed by atoms with E-state index in [9.17, 15) is 52.7 Å². The number of thiazole rings is 1. The highest BCUT2D eigenvalue weighted by atomic mass is 32.1. The van der Waals surface area contributed by atoms with Crippen molar-refractivity contribution in [1.82, 2.24) is 4.98 Å². The lowest BCUT2D eigenvalue weighted by Crippen LogP contribution is -2.27. The molecule has 0 N–H and O–H groups in total. The third-order valence-electron chi connectivity index (χ3n) is 3.49. The molecule has 1 heterocycles. The maximum atomic E-state index is 13.3. The van der Waals surface area contributed by atoms with Crippen LogP contribution in [0.1, 0.15) is 47.0 Å². The lowest BCUT2D eigenvalue weighted by molar-refractivity contribution is -0.181. The Labute approximate surface area is 152 Å². The molecule has 0 atom stereocenters. The highest BCUT2D eigenvalue weighted by molar-refractivity contribution is 7.18. The summed E-state index contributed by atoms with van der Waals surface area (Å²) in [4.78, 5) is 3.18. The minimum Gasteiger partial charge on any atom is -0.240 e. The molecule has 0 bridgehead atoms. The summed E-state index contributed by atoms with van der Waals surface area (Å²) in [5, 5.41) is -0.474. The van der Waals surface area contributed by atoms with E-state index in [1.807, 2.05) is 0 Å². The molecule has 1 aromatic carbocycles. The zero-order chi connectivity index (χ0) is 22.0. The SMILES string of the molecule is CC(C)c1nc2c(C(F)(F)F)c(C(F)(F)F)c(C(F)(F)F)c(C(F)(F)F)c2s1. The first-order chi connectivity index (χ1) is 12.3. The van der Waals surface area contributed by atoms with Crippen LogP contribution >= 0.6 is 11.3 Å². The Morgan fingerprint density at radius 3 is 1.29 bits per heavy atom. The average Bonchev–Trinajstić information content (AvgIpc) is 2.84. The predicted octanol–water partition coefficient (Wildman–Crippen LogP) is 7.49. The molecule has 0 aliphatic carbocycles. The Bertz CT molecular complexity index is 826. The second-order valence-electron chi connectivity index (χ2n) is 5.88. The summed E-state index contributed by atoms with van der Waals surface area (Å²) in [6.45, 7) is 2.52. The summed E-state index contributed by atoms with van der Waals surface area (Å²) in [6.07, 6.45) is -24.8. The van der Waals surface area contributed by atoms with Crippen molar-refractivity contribution in [3.05, 3.63) is 27.3 Å². The summed E-state index contributed by atoms with van der Waals surface area (Å²) in [5.74, 6) is -0.844. The van der Waals surface area contributed by atoms with Crippen LogP contribution in [0, 0.1) is 0 Å². The molecule has 0 aliphatic heterocycles. The van der Waals surface area contributed by atoms with Crippen LogP contribution in [-0.4, -0.2) is 4.98 Å². The van der Waals surface area contributed by atoms with Crippen LogP contribution in [-0.2, 0) is 24.7 Å². The summed E-state index contributed by atoms with van der Waals surface area (Å²) in [6, 6.07) is 0. The highest BCUT2D eigenvalue weighted by Gasteiger charge is 2.57. The van der Waals surface area contributed by atoms with E-state index in [1.165, 1.54) is 13.8 Å². The number of rotatable bonds is 1. The smallest absolute Gasteiger partial charge is 0.240 e. The molecule has 1 aromatic heterocycles. The van der Waals surface area contributed by atoms with E-state index in [4.69, 9.17) is 0 Å². The third kappa shape index (κ3) is 3.87. The number of halogens is 12. The number of benzene rings is 1. The number of alkyl halides is 12. The molecule has 0 aliphatic rings. The zero-order valence-corrected chi connectivity index (χ0v) is 14.3. The molecule has 14 heteroatoms. The van der Waals surface area contributed by atoms with Gasteiger partial charge in [-0.2, -0.15) is 52.7 Å². The lowest BCUT2D eigenvalue weighted by Gasteiger charge is -2.25. The van der Waals surface area contributed by atoms with Crippen LogP contribution in [0.3, 0.4) is 0 Å². The standard InChI is InChI=1S/C14H7F12NS/c1-3(2)10-27-8-6(13(21,22)23)4(11(15,16)17)5(12(18,19)20)7(9(8)28-10)14(24,25)26/h3H,1-2H3. The molecule has 0 saturated carbocycles. The quantitative estimate of drug-likeness (QED) is 0.411. The fourth-order valence-corrected chi connectivity index (χ4v) is 3.66. The van der Waals surface area contributed by atoms with E-state index >= 15 is 0 Å². The molecule has 28 heavy (non-hydrogen) atoms. The molecule has 2 aromatic rings. The van der Waals surface area contributed by atoms with Gasteiger partial charge in [0.2, 0.25) is 0 Å². The fourth-order valence-electron chi connectivity index (χ4n) is 2.52. The molecule has 1 nitrogen and oxygen atoms in total. The van der Waals surface area contributed by atoms with Gasteiger partial charge in [0.15, 0.2) is 0 Å². The Hall–Kier alpha value is -1.73. The Morgan fingerprint density at radius 1 is 0.607 bits per heavy atom. The molecule has 0 saturated heterocycles. The van der Waals surface area contributed by atoms with E-state index in [0.29, 0.717) is 0 Å². The maximum absolute atomic E-state index is 13.3. The summed E-state index contributed by atoms with van der Waals surface area (Å²) in [7, 11) is 0. The highest BCUT2D eigenvalue weighted by Crippen LogP contribution is 2.55. The normalized spacial score (nSPS) is 14.4. The first-order valence-corrected chi connectivity index (χ1v) is 7.88. The molecule has 0 fully saturated rings. The first-order valence-electron chi connectivity index (χ1n) is 7.07. The molecule has 2 rings (SSSR count). The summed E-state index contributed by atoms with van der Waals surface area (Å²) < 4.78 is 158. The second-order valence-corrected chi connectivity index (χ2v) is 6.91. The molecular formula is C14H7F12NS. The number of fused-ring (bicyclic) bond motifs is 1. The van der Waals surface area contributed by atoms with Gasteiger partial charge in [-0.3, -0.25) is 0 Å². The van der Waals surface area contributed by atoms with Crippen LogP contribution in [0.5, 0.6) is 0 Å². The van der Waals surface area contributed by atoms with Crippen LogP contribution in [0.15, 0.2) is 0 Å². The van der Waals surface area contributed by atoms with Crippen molar-refractivity contribution >= 4 is 21.6 Å². The topological polar surface area (TPSA) is 12.9 Å². The molecule has 0 unspecified atom stereocenters. The van der Waals surface area contributed by atoms with Gasteiger partial charge >= 0.3 is 24.7 Å². The lowest BCUT2D eigenvalue weighted by atomic mass is 9.92. The minimum atomic E-state index is -6.38. The average molecular weight is 449 g/mol. The van der Waals surface area contributed by atoms with Crippen molar-refractivity contribution in [2.75, 3.05) is 0 Å². The van der Waals surface area contributed by atoms with Gasteiger partial charge in [-0.15, -0.1) is 11.3 Å². The van der Waals surface area contributed by atoms with Gasteiger partial charge in [0, 0.05) is 5.92 Å². The van der Waals surface area contributed by atoms with Crippen molar-refractivity contribution in [3.8, 4) is 0 Å². The van der Waals surface area contributed by atoms with Crippen LogP contribution in [0.25, 0.3) is 10.2 Å². The van der Waals surface area contributed by atoms with E-state index < -0.39 is 68.1 Å². The molecule has 158 valence electrons. The van der Waals surface area contributed by atoms with Crippen LogP contribution in [0.2, 0.25) is 0 Å². The Morgan fingerprint density at radius 2 is 0.964 bits per heavy atom. The maximum Gasteiger partial charge on any atom is 0.419 e. The zero-order valence-electron chi connectivity index (χ0n) is 13.5. The Balaban J connectivity index is 3.35. The Kier molecular flexibility index (Phi) is 5.15. The third-order valence-corrected chi connectivity index (χ3v) is 4.86. The molecule has 0 amide bonds. The van der Waals surface area contributed by atoms with Crippen molar-refractivity contribution in [1.29, 1.82) is 0 Å². The number of aromatic nitrogens is 1. The predicted molar refractivity (Wildman–Crippen MR) is 73.7 cm³/mol. The van der Waals surface area contributed by atoms with Gasteiger partial charge in [0.05, 0.1) is 37.5 Å². The molecular weight excluding hydrogens is 442 g/mol. The van der Waals surface area contributed by atoms with Crippen molar-refractivity contribution in [2.24, 2.45) is 0 Å². The largest absolute Gasteiger partial charge is 0.419 e. The van der Waals surface area contributed by atoms with E-state index in [-0.39, 0.29) is 11.3 Å². The monoisotopic (exact) mass is 449 g/mol. The van der Waals surface area contributed by atoms with Gasteiger partial charge < -0.3 is 0 Å². The van der Waals surface area contributed by atoms with Crippen LogP contribution < -0.4 is 0 Å². The van der Waals surface area contributed by atoms with E-state index in [1.54, 1.807) is 0 Å². The fraction of sp³-hybridized carbons (Fsp3) is 0.500. The van der Waals surface area contributed by atoms with Gasteiger partial charge in [0.1, 0.15) is 0 Å². The van der Waals surface area contributed by atoms with Gasteiger partial charge in [0.25, 0.3) is 0 Å². The van der Waals surface area contributed by atoms with Crippen LogP contribution in [0.4, 0.5) is 52.7 Å². The van der Waals surface area contributed by atoms with Gasteiger partial charge in [-0.1, -0.05) is 13.8 Å².